The van der Waals surface area contributed by atoms with Gasteiger partial charge in [0.2, 0.25) is 0 Å². The summed E-state index contributed by atoms with van der Waals surface area (Å²) in [6, 6.07) is 3.03. The van der Waals surface area contributed by atoms with Crippen LogP contribution in [-0.2, 0) is 12.4 Å². The zero-order valence-corrected chi connectivity index (χ0v) is 12.8. The predicted molar refractivity (Wildman–Crippen MR) is 79.9 cm³/mol. The first-order chi connectivity index (χ1) is 9.58. The molecule has 2 heterocycles. The third-order valence-corrected chi connectivity index (χ3v) is 4.45. The van der Waals surface area contributed by atoms with E-state index in [9.17, 15) is 4.39 Å². The summed E-state index contributed by atoms with van der Waals surface area (Å²) < 4.78 is 15.7. The van der Waals surface area contributed by atoms with E-state index >= 15 is 0 Å². The summed E-state index contributed by atoms with van der Waals surface area (Å²) in [5, 5.41) is 0.101. The average Bonchev–Trinajstić information content (AvgIpc) is 2.96. The summed E-state index contributed by atoms with van der Waals surface area (Å²) in [4.78, 5) is 6.77. The van der Waals surface area contributed by atoms with Crippen LogP contribution in [0, 0.1) is 11.7 Å². The van der Waals surface area contributed by atoms with Gasteiger partial charge < -0.3 is 9.47 Å². The Morgan fingerprint density at radius 2 is 2.25 bits per heavy atom. The number of hydrogen-bond donors (Lipinski definition) is 0. The number of benzene rings is 1. The number of fused-ring (bicyclic) bond motifs is 1. The lowest BCUT2D eigenvalue weighted by Gasteiger charge is -2.14. The maximum Gasteiger partial charge on any atom is 0.144 e. The quantitative estimate of drug-likeness (QED) is 0.808. The van der Waals surface area contributed by atoms with Crippen LogP contribution < -0.4 is 0 Å². The minimum absolute atomic E-state index is 0.101. The summed E-state index contributed by atoms with van der Waals surface area (Å²) in [6.07, 6.45) is 1.15. The third-order valence-electron chi connectivity index (χ3n) is 3.92. The van der Waals surface area contributed by atoms with E-state index in [1.165, 1.54) is 6.07 Å². The number of alkyl halides is 1. The molecule has 1 atom stereocenters. The Morgan fingerprint density at radius 1 is 1.45 bits per heavy atom. The first-order valence-electron chi connectivity index (χ1n) is 6.67. The second kappa shape index (κ2) is 5.51. The van der Waals surface area contributed by atoms with Gasteiger partial charge in [0.25, 0.3) is 0 Å². The monoisotopic (exact) mass is 315 g/mol. The lowest BCUT2D eigenvalue weighted by atomic mass is 10.1. The van der Waals surface area contributed by atoms with E-state index in [4.69, 9.17) is 23.2 Å². The first-order valence-corrected chi connectivity index (χ1v) is 7.58. The molecule has 108 valence electrons. The van der Waals surface area contributed by atoms with Crippen LogP contribution in [0.15, 0.2) is 12.1 Å². The van der Waals surface area contributed by atoms with Gasteiger partial charge in [-0.15, -0.1) is 11.6 Å². The molecular weight excluding hydrogens is 300 g/mol. The molecule has 0 radical (unpaired) electrons. The maximum absolute atomic E-state index is 13.7. The number of halogens is 3. The molecule has 0 bridgehead atoms. The highest BCUT2D eigenvalue weighted by atomic mass is 35.5. The van der Waals surface area contributed by atoms with Crippen LogP contribution in [0.5, 0.6) is 0 Å². The van der Waals surface area contributed by atoms with Crippen LogP contribution in [-0.4, -0.2) is 34.6 Å². The Morgan fingerprint density at radius 3 is 2.90 bits per heavy atom. The van der Waals surface area contributed by atoms with E-state index in [2.05, 4.69) is 16.9 Å². The van der Waals surface area contributed by atoms with Crippen LogP contribution in [0.4, 0.5) is 4.39 Å². The van der Waals surface area contributed by atoms with Crippen LogP contribution in [0.1, 0.15) is 12.2 Å². The predicted octanol–water partition coefficient (Wildman–Crippen LogP) is 3.52. The van der Waals surface area contributed by atoms with Gasteiger partial charge in [0.05, 0.1) is 21.9 Å². The molecule has 0 N–H and O–H groups in total. The van der Waals surface area contributed by atoms with Gasteiger partial charge in [-0.25, -0.2) is 9.37 Å². The van der Waals surface area contributed by atoms with Gasteiger partial charge in [-0.3, -0.25) is 0 Å². The molecule has 1 unspecified atom stereocenters. The van der Waals surface area contributed by atoms with Gasteiger partial charge in [-0.1, -0.05) is 11.6 Å². The molecule has 0 amide bonds. The highest BCUT2D eigenvalue weighted by Gasteiger charge is 2.22. The molecule has 2 aromatic rings. The molecule has 3 rings (SSSR count). The van der Waals surface area contributed by atoms with Crippen molar-refractivity contribution in [2.45, 2.75) is 18.8 Å². The molecule has 1 fully saturated rings. The number of aromatic nitrogens is 2. The van der Waals surface area contributed by atoms with Gasteiger partial charge in [-0.05, 0) is 32.0 Å². The molecule has 1 aromatic heterocycles. The van der Waals surface area contributed by atoms with Gasteiger partial charge in [0, 0.05) is 19.2 Å². The van der Waals surface area contributed by atoms with Crippen molar-refractivity contribution in [1.82, 2.24) is 14.5 Å². The fourth-order valence-electron chi connectivity index (χ4n) is 2.91. The Kier molecular flexibility index (Phi) is 3.89. The van der Waals surface area contributed by atoms with Crippen molar-refractivity contribution >= 4 is 34.2 Å². The fourth-order valence-corrected chi connectivity index (χ4v) is 3.27. The molecule has 6 heteroatoms. The zero-order chi connectivity index (χ0) is 14.3. The van der Waals surface area contributed by atoms with Crippen LogP contribution in [0.25, 0.3) is 11.0 Å². The zero-order valence-electron chi connectivity index (χ0n) is 11.2. The number of rotatable bonds is 3. The standard InChI is InChI=1S/C14H16Cl2FN3/c1-19-3-2-9(7-19)8-20-13-5-11(17)10(16)4-12(13)18-14(20)6-15/h4-5,9H,2-3,6-8H2,1H3. The van der Waals surface area contributed by atoms with Gasteiger partial charge in [0.15, 0.2) is 0 Å². The normalized spacial score (nSPS) is 20.1. The highest BCUT2D eigenvalue weighted by molar-refractivity contribution is 6.31. The number of hydrogen-bond acceptors (Lipinski definition) is 2. The highest BCUT2D eigenvalue weighted by Crippen LogP contribution is 2.27. The Balaban J connectivity index is 2.01. The SMILES string of the molecule is CN1CCC(Cn2c(CCl)nc3cc(Cl)c(F)cc32)C1. The van der Waals surface area contributed by atoms with Crippen LogP contribution in [0.2, 0.25) is 5.02 Å². The minimum atomic E-state index is -0.412. The summed E-state index contributed by atoms with van der Waals surface area (Å²) in [5.74, 6) is 1.23. The molecular formula is C14H16Cl2FN3. The molecule has 1 saturated heterocycles. The van der Waals surface area contributed by atoms with Crippen molar-refractivity contribution in [2.75, 3.05) is 20.1 Å². The van der Waals surface area contributed by atoms with E-state index in [1.807, 2.05) is 4.57 Å². The topological polar surface area (TPSA) is 21.1 Å². The second-order valence-electron chi connectivity index (χ2n) is 5.44. The lowest BCUT2D eigenvalue weighted by Crippen LogP contribution is -2.18. The van der Waals surface area contributed by atoms with Crippen LogP contribution >= 0.6 is 23.2 Å². The molecule has 3 nitrogen and oxygen atoms in total. The average molecular weight is 316 g/mol. The fraction of sp³-hybridized carbons (Fsp3) is 0.500. The van der Waals surface area contributed by atoms with E-state index in [-0.39, 0.29) is 5.02 Å². The van der Waals surface area contributed by atoms with Crippen molar-refractivity contribution in [3.05, 3.63) is 28.8 Å². The van der Waals surface area contributed by atoms with E-state index < -0.39 is 5.82 Å². The number of imidazole rings is 1. The molecule has 0 spiro atoms. The largest absolute Gasteiger partial charge is 0.327 e. The summed E-state index contributed by atoms with van der Waals surface area (Å²) in [5.41, 5.74) is 1.48. The first kappa shape index (κ1) is 14.1. The molecule has 0 aliphatic carbocycles. The van der Waals surface area contributed by atoms with Gasteiger partial charge in [-0.2, -0.15) is 0 Å². The van der Waals surface area contributed by atoms with Crippen molar-refractivity contribution in [3.8, 4) is 0 Å². The van der Waals surface area contributed by atoms with Gasteiger partial charge >= 0.3 is 0 Å². The van der Waals surface area contributed by atoms with Crippen molar-refractivity contribution in [1.29, 1.82) is 0 Å². The third kappa shape index (κ3) is 2.52. The number of likely N-dealkylation sites (tertiary alicyclic amines) is 1. The van der Waals surface area contributed by atoms with Crippen molar-refractivity contribution in [3.63, 3.8) is 0 Å². The number of nitrogens with zero attached hydrogens (tertiary/aromatic N) is 3. The molecule has 0 saturated carbocycles. The summed E-state index contributed by atoms with van der Waals surface area (Å²) in [7, 11) is 2.12. The van der Waals surface area contributed by atoms with E-state index in [0.717, 1.165) is 37.4 Å². The molecule has 20 heavy (non-hydrogen) atoms. The maximum atomic E-state index is 13.7. The van der Waals surface area contributed by atoms with Crippen molar-refractivity contribution in [2.24, 2.45) is 5.92 Å². The van der Waals surface area contributed by atoms with E-state index in [0.29, 0.717) is 17.3 Å². The van der Waals surface area contributed by atoms with Crippen molar-refractivity contribution < 1.29 is 4.39 Å². The minimum Gasteiger partial charge on any atom is -0.327 e. The Bertz CT molecular complexity index is 641. The molecule has 1 aromatic carbocycles. The van der Waals surface area contributed by atoms with Crippen LogP contribution in [0.3, 0.4) is 0 Å². The lowest BCUT2D eigenvalue weighted by molar-refractivity contribution is 0.378. The Labute approximate surface area is 127 Å². The van der Waals surface area contributed by atoms with Gasteiger partial charge in [0.1, 0.15) is 11.6 Å². The summed E-state index contributed by atoms with van der Waals surface area (Å²) in [6.45, 7) is 2.98. The summed E-state index contributed by atoms with van der Waals surface area (Å²) >= 11 is 11.8. The molecule has 1 aliphatic heterocycles. The smallest absolute Gasteiger partial charge is 0.144 e. The Hall–Kier alpha value is -0.840. The second-order valence-corrected chi connectivity index (χ2v) is 6.12. The van der Waals surface area contributed by atoms with E-state index in [1.54, 1.807) is 6.07 Å². The molecule has 1 aliphatic rings.